The molecule has 1 aliphatic rings. The summed E-state index contributed by atoms with van der Waals surface area (Å²) in [4.78, 5) is 11.1. The van der Waals surface area contributed by atoms with Crippen molar-refractivity contribution in [3.8, 4) is 0 Å². The van der Waals surface area contributed by atoms with Gasteiger partial charge in [0.25, 0.3) is 0 Å². The van der Waals surface area contributed by atoms with E-state index in [2.05, 4.69) is 40.1 Å². The molecule has 0 bridgehead atoms. The molecule has 2 aromatic rings. The predicted molar refractivity (Wildman–Crippen MR) is 77.6 cm³/mol. The first-order chi connectivity index (χ1) is 9.13. The highest BCUT2D eigenvalue weighted by atomic mass is 35.5. The van der Waals surface area contributed by atoms with Gasteiger partial charge in [-0.05, 0) is 37.6 Å². The molecule has 4 nitrogen and oxygen atoms in total. The molecule has 0 aliphatic carbocycles. The molecule has 1 aliphatic heterocycles. The van der Waals surface area contributed by atoms with Crippen molar-refractivity contribution in [2.45, 2.75) is 25.9 Å². The van der Waals surface area contributed by atoms with Gasteiger partial charge in [0.2, 0.25) is 5.28 Å². The van der Waals surface area contributed by atoms with Crippen LogP contribution >= 0.6 is 11.6 Å². The number of rotatable bonds is 1. The van der Waals surface area contributed by atoms with Gasteiger partial charge in [0.1, 0.15) is 17.9 Å². The van der Waals surface area contributed by atoms with Gasteiger partial charge in [0, 0.05) is 5.39 Å². The molecular weight excluding hydrogens is 260 g/mol. The molecule has 2 heterocycles. The standard InChI is InChI=1S/C14H17ClN4/c1-9-7-19(8-10(2)16-9)13-11-5-3-4-6-12(11)17-14(15)18-13/h3-6,9-10,16H,7-8H2,1-2H3/p+1/t9-,10-/m1/s1. The van der Waals surface area contributed by atoms with Crippen LogP contribution in [0, 0.1) is 0 Å². The van der Waals surface area contributed by atoms with Gasteiger partial charge >= 0.3 is 0 Å². The van der Waals surface area contributed by atoms with E-state index in [1.807, 2.05) is 18.2 Å². The van der Waals surface area contributed by atoms with Gasteiger partial charge in [0.15, 0.2) is 0 Å². The number of hydrogen-bond acceptors (Lipinski definition) is 3. The van der Waals surface area contributed by atoms with Crippen LogP contribution in [0.2, 0.25) is 5.28 Å². The average Bonchev–Trinajstić information content (AvgIpc) is 2.36. The van der Waals surface area contributed by atoms with E-state index < -0.39 is 0 Å². The molecule has 0 radical (unpaired) electrons. The van der Waals surface area contributed by atoms with E-state index in [1.54, 1.807) is 0 Å². The normalized spacial score (nSPS) is 23.8. The van der Waals surface area contributed by atoms with Crippen molar-refractivity contribution < 1.29 is 5.32 Å². The Morgan fingerprint density at radius 3 is 2.58 bits per heavy atom. The zero-order valence-electron chi connectivity index (χ0n) is 11.2. The van der Waals surface area contributed by atoms with Gasteiger partial charge in [-0.1, -0.05) is 12.1 Å². The number of hydrogen-bond donors (Lipinski definition) is 1. The van der Waals surface area contributed by atoms with Gasteiger partial charge in [-0.15, -0.1) is 0 Å². The first kappa shape index (κ1) is 12.6. The number of nitrogens with two attached hydrogens (primary N) is 1. The second-order valence-electron chi connectivity index (χ2n) is 5.39. The van der Waals surface area contributed by atoms with Crippen LogP contribution in [0.15, 0.2) is 24.3 Å². The number of aromatic nitrogens is 2. The number of piperazine rings is 1. The minimum absolute atomic E-state index is 0.323. The monoisotopic (exact) mass is 277 g/mol. The van der Waals surface area contributed by atoms with Crippen LogP contribution in [0.3, 0.4) is 0 Å². The van der Waals surface area contributed by atoms with E-state index in [1.165, 1.54) is 0 Å². The fourth-order valence-corrected chi connectivity index (χ4v) is 3.07. The fraction of sp³-hybridized carbons (Fsp3) is 0.429. The molecular formula is C14H18ClN4+. The third kappa shape index (κ3) is 2.51. The first-order valence-corrected chi connectivity index (χ1v) is 7.03. The summed E-state index contributed by atoms with van der Waals surface area (Å²) < 4.78 is 0. The Morgan fingerprint density at radius 2 is 1.84 bits per heavy atom. The van der Waals surface area contributed by atoms with Gasteiger partial charge in [0.05, 0.1) is 18.6 Å². The SMILES string of the molecule is C[C@@H]1CN(c2nc(Cl)nc3ccccc23)C[C@@H](C)[NH2+]1. The van der Waals surface area contributed by atoms with Crippen LogP contribution in [0.5, 0.6) is 0 Å². The van der Waals surface area contributed by atoms with E-state index in [-0.39, 0.29) is 0 Å². The molecule has 2 N–H and O–H groups in total. The van der Waals surface area contributed by atoms with Crippen molar-refractivity contribution in [2.75, 3.05) is 18.0 Å². The molecule has 0 spiro atoms. The maximum atomic E-state index is 6.06. The van der Waals surface area contributed by atoms with Gasteiger partial charge in [-0.3, -0.25) is 0 Å². The van der Waals surface area contributed by atoms with Crippen LogP contribution in [0.25, 0.3) is 10.9 Å². The Hall–Kier alpha value is -1.39. The Morgan fingerprint density at radius 1 is 1.16 bits per heavy atom. The van der Waals surface area contributed by atoms with Gasteiger partial charge < -0.3 is 10.2 Å². The number of fused-ring (bicyclic) bond motifs is 1. The molecule has 1 aromatic heterocycles. The summed E-state index contributed by atoms with van der Waals surface area (Å²) in [6.45, 7) is 6.46. The number of nitrogens with zero attached hydrogens (tertiary/aromatic N) is 3. The first-order valence-electron chi connectivity index (χ1n) is 6.65. The summed E-state index contributed by atoms with van der Waals surface area (Å²) in [5, 5.41) is 3.80. The highest BCUT2D eigenvalue weighted by Crippen LogP contribution is 2.25. The zero-order valence-corrected chi connectivity index (χ0v) is 11.9. The summed E-state index contributed by atoms with van der Waals surface area (Å²) >= 11 is 6.06. The molecule has 2 atom stereocenters. The molecule has 5 heteroatoms. The lowest BCUT2D eigenvalue weighted by Gasteiger charge is -2.34. The summed E-state index contributed by atoms with van der Waals surface area (Å²) in [6.07, 6.45) is 0. The van der Waals surface area contributed by atoms with Crippen molar-refractivity contribution in [1.82, 2.24) is 9.97 Å². The molecule has 0 unspecified atom stereocenters. The second-order valence-corrected chi connectivity index (χ2v) is 5.72. The van der Waals surface area contributed by atoms with Crippen molar-refractivity contribution in [2.24, 2.45) is 0 Å². The molecule has 0 saturated carbocycles. The lowest BCUT2D eigenvalue weighted by atomic mass is 10.1. The van der Waals surface area contributed by atoms with Crippen LogP contribution < -0.4 is 10.2 Å². The van der Waals surface area contributed by atoms with Crippen LogP contribution in [0.4, 0.5) is 5.82 Å². The largest absolute Gasteiger partial charge is 0.344 e. The highest BCUT2D eigenvalue weighted by Gasteiger charge is 2.26. The summed E-state index contributed by atoms with van der Waals surface area (Å²) in [5.74, 6) is 0.961. The second kappa shape index (κ2) is 4.94. The van der Waals surface area contributed by atoms with E-state index in [4.69, 9.17) is 11.6 Å². The third-order valence-corrected chi connectivity index (χ3v) is 3.70. The van der Waals surface area contributed by atoms with Gasteiger partial charge in [-0.25, -0.2) is 4.98 Å². The molecule has 0 amide bonds. The molecule has 1 aromatic carbocycles. The smallest absolute Gasteiger partial charge is 0.224 e. The van der Waals surface area contributed by atoms with E-state index in [9.17, 15) is 0 Å². The highest BCUT2D eigenvalue weighted by molar-refractivity contribution is 6.28. The topological polar surface area (TPSA) is 45.6 Å². The maximum Gasteiger partial charge on any atom is 0.224 e. The van der Waals surface area contributed by atoms with Crippen LogP contribution in [-0.4, -0.2) is 35.1 Å². The number of benzene rings is 1. The summed E-state index contributed by atoms with van der Waals surface area (Å²) in [7, 11) is 0. The minimum Gasteiger partial charge on any atom is -0.344 e. The molecule has 1 fully saturated rings. The van der Waals surface area contributed by atoms with Crippen molar-refractivity contribution in [1.29, 1.82) is 0 Å². The zero-order chi connectivity index (χ0) is 13.4. The average molecular weight is 278 g/mol. The quantitative estimate of drug-likeness (QED) is 0.803. The minimum atomic E-state index is 0.323. The number of para-hydroxylation sites is 1. The number of anilines is 1. The van der Waals surface area contributed by atoms with E-state index >= 15 is 0 Å². The lowest BCUT2D eigenvalue weighted by molar-refractivity contribution is -0.716. The summed E-state index contributed by atoms with van der Waals surface area (Å²) in [6, 6.07) is 9.17. The molecule has 3 rings (SSSR count). The van der Waals surface area contributed by atoms with Crippen molar-refractivity contribution in [3.63, 3.8) is 0 Å². The molecule has 100 valence electrons. The lowest BCUT2D eigenvalue weighted by Crippen LogP contribution is -2.99. The Bertz CT molecular complexity index is 591. The summed E-state index contributed by atoms with van der Waals surface area (Å²) in [5.41, 5.74) is 0.910. The van der Waals surface area contributed by atoms with Crippen molar-refractivity contribution >= 4 is 28.3 Å². The van der Waals surface area contributed by atoms with Crippen LogP contribution in [-0.2, 0) is 0 Å². The number of quaternary nitrogens is 1. The van der Waals surface area contributed by atoms with Crippen molar-refractivity contribution in [3.05, 3.63) is 29.5 Å². The van der Waals surface area contributed by atoms with E-state index in [0.29, 0.717) is 17.4 Å². The fourth-order valence-electron chi connectivity index (χ4n) is 2.90. The van der Waals surface area contributed by atoms with E-state index in [0.717, 1.165) is 29.8 Å². The van der Waals surface area contributed by atoms with Gasteiger partial charge in [-0.2, -0.15) is 4.98 Å². The predicted octanol–water partition coefficient (Wildman–Crippen LogP) is 1.44. The third-order valence-electron chi connectivity index (χ3n) is 3.53. The Balaban J connectivity index is 2.08. The Labute approximate surface area is 117 Å². The van der Waals surface area contributed by atoms with Crippen LogP contribution in [0.1, 0.15) is 13.8 Å². The molecule has 1 saturated heterocycles. The number of halogens is 1. The maximum absolute atomic E-state index is 6.06. The molecule has 19 heavy (non-hydrogen) atoms. The Kier molecular flexibility index (Phi) is 3.29.